The van der Waals surface area contributed by atoms with Crippen LogP contribution in [0.1, 0.15) is 17.3 Å². The zero-order valence-electron chi connectivity index (χ0n) is 9.07. The molecule has 15 heavy (non-hydrogen) atoms. The van der Waals surface area contributed by atoms with Gasteiger partial charge >= 0.3 is 5.97 Å². The van der Waals surface area contributed by atoms with Gasteiger partial charge in [0.25, 0.3) is 0 Å². The van der Waals surface area contributed by atoms with Gasteiger partial charge in [-0.15, -0.1) is 0 Å². The van der Waals surface area contributed by atoms with E-state index in [0.29, 0.717) is 23.7 Å². The smallest absolute Gasteiger partial charge is 0.341 e. The van der Waals surface area contributed by atoms with Crippen molar-refractivity contribution in [2.24, 2.45) is 0 Å². The van der Waals surface area contributed by atoms with Crippen LogP contribution in [0, 0.1) is 0 Å². The number of esters is 1. The monoisotopic (exact) mass is 210 g/mol. The van der Waals surface area contributed by atoms with Crippen LogP contribution in [-0.2, 0) is 4.74 Å². The third-order valence-corrected chi connectivity index (χ3v) is 1.89. The van der Waals surface area contributed by atoms with E-state index in [0.717, 1.165) is 0 Å². The van der Waals surface area contributed by atoms with Crippen molar-refractivity contribution < 1.29 is 19.0 Å². The number of hydrogen-bond acceptors (Lipinski definition) is 4. The largest absolute Gasteiger partial charge is 0.496 e. The summed E-state index contributed by atoms with van der Waals surface area (Å²) in [6, 6.07) is 5.03. The fourth-order valence-electron chi connectivity index (χ4n) is 1.21. The molecule has 0 bridgehead atoms. The van der Waals surface area contributed by atoms with E-state index in [1.165, 1.54) is 14.2 Å². The Kier molecular flexibility index (Phi) is 3.97. The highest BCUT2D eigenvalue weighted by Gasteiger charge is 2.13. The van der Waals surface area contributed by atoms with Gasteiger partial charge in [-0.3, -0.25) is 0 Å². The predicted molar refractivity (Wildman–Crippen MR) is 55.5 cm³/mol. The van der Waals surface area contributed by atoms with Crippen LogP contribution < -0.4 is 9.47 Å². The molecule has 1 aromatic carbocycles. The number of hydrogen-bond donors (Lipinski definition) is 0. The number of carbonyl (C=O) groups excluding carboxylic acids is 1. The molecule has 0 fully saturated rings. The quantitative estimate of drug-likeness (QED) is 0.712. The lowest BCUT2D eigenvalue weighted by atomic mass is 10.2. The summed E-state index contributed by atoms with van der Waals surface area (Å²) in [6.07, 6.45) is 0. The molecule has 0 radical (unpaired) electrons. The number of rotatable bonds is 4. The first-order valence-corrected chi connectivity index (χ1v) is 4.62. The Labute approximate surface area is 88.8 Å². The van der Waals surface area contributed by atoms with Crippen molar-refractivity contribution in [1.29, 1.82) is 0 Å². The summed E-state index contributed by atoms with van der Waals surface area (Å²) in [4.78, 5) is 11.4. The molecule has 0 aliphatic heterocycles. The summed E-state index contributed by atoms with van der Waals surface area (Å²) in [5.74, 6) is 0.664. The third kappa shape index (κ3) is 2.62. The van der Waals surface area contributed by atoms with Crippen LogP contribution in [0.15, 0.2) is 18.2 Å². The van der Waals surface area contributed by atoms with Crippen molar-refractivity contribution in [1.82, 2.24) is 0 Å². The molecule has 0 aliphatic carbocycles. The highest BCUT2D eigenvalue weighted by Crippen LogP contribution is 2.24. The van der Waals surface area contributed by atoms with Crippen LogP contribution in [-0.4, -0.2) is 26.8 Å². The zero-order valence-corrected chi connectivity index (χ0v) is 9.07. The van der Waals surface area contributed by atoms with Crippen LogP contribution in [0.3, 0.4) is 0 Å². The molecule has 4 heteroatoms. The number of ether oxygens (including phenoxy) is 3. The highest BCUT2D eigenvalue weighted by atomic mass is 16.5. The minimum atomic E-state index is -0.437. The Balaban J connectivity index is 3.07. The van der Waals surface area contributed by atoms with E-state index >= 15 is 0 Å². The van der Waals surface area contributed by atoms with E-state index in [-0.39, 0.29) is 0 Å². The van der Waals surface area contributed by atoms with Gasteiger partial charge in [0.05, 0.1) is 20.8 Å². The van der Waals surface area contributed by atoms with Crippen LogP contribution in [0.5, 0.6) is 11.5 Å². The van der Waals surface area contributed by atoms with E-state index in [4.69, 9.17) is 9.47 Å². The Morgan fingerprint density at radius 1 is 1.33 bits per heavy atom. The summed E-state index contributed by atoms with van der Waals surface area (Å²) in [7, 11) is 2.83. The first kappa shape index (κ1) is 11.4. The molecule has 0 N–H and O–H groups in total. The summed E-state index contributed by atoms with van der Waals surface area (Å²) >= 11 is 0. The number of carbonyl (C=O) groups is 1. The van der Waals surface area contributed by atoms with E-state index in [9.17, 15) is 4.79 Å². The summed E-state index contributed by atoms with van der Waals surface area (Å²) in [5.41, 5.74) is 0.367. The zero-order chi connectivity index (χ0) is 11.3. The normalized spacial score (nSPS) is 9.53. The molecular weight excluding hydrogens is 196 g/mol. The van der Waals surface area contributed by atoms with E-state index < -0.39 is 5.97 Å². The van der Waals surface area contributed by atoms with Gasteiger partial charge in [0.2, 0.25) is 0 Å². The van der Waals surface area contributed by atoms with Gasteiger partial charge in [-0.1, -0.05) is 0 Å². The summed E-state index contributed by atoms with van der Waals surface area (Å²) < 4.78 is 15.0. The van der Waals surface area contributed by atoms with E-state index in [1.54, 1.807) is 18.2 Å². The van der Waals surface area contributed by atoms with E-state index in [2.05, 4.69) is 4.74 Å². The molecule has 0 spiro atoms. The second-order valence-electron chi connectivity index (χ2n) is 2.79. The van der Waals surface area contributed by atoms with Crippen molar-refractivity contribution in [2.45, 2.75) is 6.92 Å². The topological polar surface area (TPSA) is 44.8 Å². The second-order valence-corrected chi connectivity index (χ2v) is 2.79. The van der Waals surface area contributed by atoms with Gasteiger partial charge in [0.1, 0.15) is 17.1 Å². The lowest BCUT2D eigenvalue weighted by Crippen LogP contribution is -2.04. The van der Waals surface area contributed by atoms with Gasteiger partial charge < -0.3 is 14.2 Å². The second kappa shape index (κ2) is 5.24. The molecule has 0 aliphatic rings. The fraction of sp³-hybridized carbons (Fsp3) is 0.364. The fourth-order valence-corrected chi connectivity index (χ4v) is 1.21. The van der Waals surface area contributed by atoms with Crippen molar-refractivity contribution in [2.75, 3.05) is 20.8 Å². The number of benzene rings is 1. The standard InChI is InChI=1S/C11H14O4/c1-4-15-8-5-6-10(13-2)9(7-8)11(12)14-3/h5-7H,4H2,1-3H3. The molecule has 0 atom stereocenters. The van der Waals surface area contributed by atoms with Crippen LogP contribution in [0.4, 0.5) is 0 Å². The maximum absolute atomic E-state index is 11.4. The lowest BCUT2D eigenvalue weighted by molar-refractivity contribution is 0.0596. The molecule has 0 heterocycles. The summed E-state index contributed by atoms with van der Waals surface area (Å²) in [5, 5.41) is 0. The maximum atomic E-state index is 11.4. The van der Waals surface area contributed by atoms with Crippen molar-refractivity contribution in [3.05, 3.63) is 23.8 Å². The van der Waals surface area contributed by atoms with Crippen molar-refractivity contribution in [3.8, 4) is 11.5 Å². The average molecular weight is 210 g/mol. The van der Waals surface area contributed by atoms with E-state index in [1.807, 2.05) is 6.92 Å². The van der Waals surface area contributed by atoms with Crippen molar-refractivity contribution >= 4 is 5.97 Å². The maximum Gasteiger partial charge on any atom is 0.341 e. The molecule has 1 rings (SSSR count). The Morgan fingerprint density at radius 2 is 2.07 bits per heavy atom. The molecular formula is C11H14O4. The van der Waals surface area contributed by atoms with Gasteiger partial charge in [0.15, 0.2) is 0 Å². The van der Waals surface area contributed by atoms with Gasteiger partial charge in [-0.2, -0.15) is 0 Å². The predicted octanol–water partition coefficient (Wildman–Crippen LogP) is 1.88. The molecule has 0 unspecified atom stereocenters. The summed E-state index contributed by atoms with van der Waals surface area (Å²) in [6.45, 7) is 2.43. The minimum Gasteiger partial charge on any atom is -0.496 e. The molecule has 82 valence electrons. The minimum absolute atomic E-state index is 0.367. The van der Waals surface area contributed by atoms with Gasteiger partial charge in [-0.25, -0.2) is 4.79 Å². The van der Waals surface area contributed by atoms with Crippen LogP contribution >= 0.6 is 0 Å². The SMILES string of the molecule is CCOc1ccc(OC)c(C(=O)OC)c1. The molecule has 1 aromatic rings. The lowest BCUT2D eigenvalue weighted by Gasteiger charge is -2.09. The molecule has 0 saturated carbocycles. The first-order chi connectivity index (χ1) is 7.22. The molecule has 4 nitrogen and oxygen atoms in total. The Hall–Kier alpha value is -1.71. The average Bonchev–Trinajstić information content (AvgIpc) is 2.28. The Morgan fingerprint density at radius 3 is 2.60 bits per heavy atom. The molecule has 0 aromatic heterocycles. The third-order valence-electron chi connectivity index (χ3n) is 1.89. The Bertz CT molecular complexity index is 346. The molecule has 0 saturated heterocycles. The number of methoxy groups -OCH3 is 2. The van der Waals surface area contributed by atoms with Gasteiger partial charge in [0, 0.05) is 0 Å². The highest BCUT2D eigenvalue weighted by molar-refractivity contribution is 5.92. The molecule has 0 amide bonds. The van der Waals surface area contributed by atoms with Gasteiger partial charge in [-0.05, 0) is 25.1 Å². The van der Waals surface area contributed by atoms with Crippen molar-refractivity contribution in [3.63, 3.8) is 0 Å². The van der Waals surface area contributed by atoms with Crippen LogP contribution in [0.2, 0.25) is 0 Å². The van der Waals surface area contributed by atoms with Crippen LogP contribution in [0.25, 0.3) is 0 Å². The first-order valence-electron chi connectivity index (χ1n) is 4.62.